The summed E-state index contributed by atoms with van der Waals surface area (Å²) in [6.07, 6.45) is 2.80. The Morgan fingerprint density at radius 3 is 3.04 bits per heavy atom. The topological polar surface area (TPSA) is 136 Å². The largest absolute Gasteiger partial charge is 0.477 e. The van der Waals surface area contributed by atoms with E-state index in [1.165, 1.54) is 46.1 Å². The first-order chi connectivity index (χ1) is 13.0. The zero-order valence-electron chi connectivity index (χ0n) is 13.4. The Morgan fingerprint density at radius 1 is 1.56 bits per heavy atom. The van der Waals surface area contributed by atoms with Gasteiger partial charge in [0.25, 0.3) is 5.91 Å². The monoisotopic (exact) mass is 441 g/mol. The summed E-state index contributed by atoms with van der Waals surface area (Å²) in [5.41, 5.74) is -0.0565. The number of aromatic nitrogens is 2. The number of amides is 2. The summed E-state index contributed by atoms with van der Waals surface area (Å²) >= 11 is 4.92. The quantitative estimate of drug-likeness (QED) is 0.467. The second-order valence-electron chi connectivity index (χ2n) is 5.11. The van der Waals surface area contributed by atoms with Gasteiger partial charge in [-0.05, 0) is 16.9 Å². The normalized spacial score (nSPS) is 21.6. The highest BCUT2D eigenvalue weighted by molar-refractivity contribution is 8.07. The molecular formula is C14H11N5O4S4. The van der Waals surface area contributed by atoms with Crippen LogP contribution in [0.25, 0.3) is 0 Å². The van der Waals surface area contributed by atoms with E-state index in [2.05, 4.69) is 14.9 Å². The molecule has 2 aliphatic rings. The van der Waals surface area contributed by atoms with Gasteiger partial charge in [-0.1, -0.05) is 16.3 Å². The number of nitrogens with one attached hydrogen (secondary N) is 1. The molecule has 2 N–H and O–H groups in total. The Balaban J connectivity index is 1.68. The number of aliphatic carboxylic acids is 1. The van der Waals surface area contributed by atoms with Crippen LogP contribution >= 0.6 is 46.8 Å². The number of carboxylic acids is 1. The second-order valence-corrected chi connectivity index (χ2v) is 9.29. The number of rotatable bonds is 7. The van der Waals surface area contributed by atoms with Crippen LogP contribution in [0.5, 0.6) is 0 Å². The van der Waals surface area contributed by atoms with E-state index < -0.39 is 23.3 Å². The predicted molar refractivity (Wildman–Crippen MR) is 103 cm³/mol. The summed E-state index contributed by atoms with van der Waals surface area (Å²) in [7, 11) is 0. The maximum absolute atomic E-state index is 12.5. The number of nitrogens with zero attached hydrogens (tertiary/aromatic N) is 4. The molecule has 0 spiro atoms. The highest BCUT2D eigenvalue weighted by Crippen LogP contribution is 2.45. The molecule has 13 heteroatoms. The van der Waals surface area contributed by atoms with Crippen LogP contribution in [0.15, 0.2) is 32.5 Å². The van der Waals surface area contributed by atoms with Crippen molar-refractivity contribution in [1.82, 2.24) is 19.8 Å². The van der Waals surface area contributed by atoms with Gasteiger partial charge in [-0.2, -0.15) is 5.26 Å². The van der Waals surface area contributed by atoms with Crippen molar-refractivity contribution in [2.24, 2.45) is 0 Å². The third kappa shape index (κ3) is 4.29. The maximum atomic E-state index is 12.5. The lowest BCUT2D eigenvalue weighted by Gasteiger charge is -2.49. The van der Waals surface area contributed by atoms with Crippen LogP contribution in [-0.2, 0) is 14.4 Å². The lowest BCUT2D eigenvalue weighted by molar-refractivity contribution is -0.150. The van der Waals surface area contributed by atoms with Gasteiger partial charge in [0, 0.05) is 16.7 Å². The van der Waals surface area contributed by atoms with E-state index in [0.717, 1.165) is 27.5 Å². The zero-order valence-corrected chi connectivity index (χ0v) is 16.7. The van der Waals surface area contributed by atoms with E-state index in [4.69, 9.17) is 5.26 Å². The Bertz CT molecular complexity index is 863. The summed E-state index contributed by atoms with van der Waals surface area (Å²) < 4.78 is 4.48. The fraction of sp³-hybridized carbons (Fsp3) is 0.286. The average molecular weight is 442 g/mol. The van der Waals surface area contributed by atoms with Gasteiger partial charge < -0.3 is 10.4 Å². The first-order valence-corrected chi connectivity index (χ1v) is 11.0. The number of allylic oxidation sites excluding steroid dienone is 1. The number of carbonyl (C=O) groups is 3. The minimum absolute atomic E-state index is 0.0565. The summed E-state index contributed by atoms with van der Waals surface area (Å²) in [5, 5.41) is 25.4. The van der Waals surface area contributed by atoms with Crippen molar-refractivity contribution in [3.05, 3.63) is 28.3 Å². The first kappa shape index (κ1) is 19.7. The lowest BCUT2D eigenvalue weighted by Crippen LogP contribution is -2.70. The van der Waals surface area contributed by atoms with Crippen molar-refractivity contribution in [2.45, 2.75) is 15.6 Å². The molecule has 9 nitrogen and oxygen atoms in total. The van der Waals surface area contributed by atoms with Crippen molar-refractivity contribution in [2.75, 3.05) is 11.5 Å². The molecule has 27 heavy (non-hydrogen) atoms. The summed E-state index contributed by atoms with van der Waals surface area (Å²) in [4.78, 5) is 37.9. The summed E-state index contributed by atoms with van der Waals surface area (Å²) in [5.74, 6) is -1.50. The van der Waals surface area contributed by atoms with Crippen LogP contribution < -0.4 is 5.32 Å². The smallest absolute Gasteiger partial charge is 0.353 e. The molecule has 1 aromatic heterocycles. The zero-order chi connectivity index (χ0) is 19.4. The average Bonchev–Trinajstić information content (AvgIpc) is 3.15. The molecular weight excluding hydrogens is 430 g/mol. The van der Waals surface area contributed by atoms with E-state index in [-0.39, 0.29) is 17.4 Å². The second kappa shape index (κ2) is 8.79. The van der Waals surface area contributed by atoms with Gasteiger partial charge in [0.15, 0.2) is 0 Å². The van der Waals surface area contributed by atoms with Gasteiger partial charge in [-0.15, -0.1) is 28.6 Å². The van der Waals surface area contributed by atoms with Crippen LogP contribution in [0.3, 0.4) is 0 Å². The number of fused-ring (bicyclic) bond motifs is 1. The van der Waals surface area contributed by atoms with E-state index in [1.54, 1.807) is 0 Å². The fourth-order valence-electron chi connectivity index (χ4n) is 2.41. The van der Waals surface area contributed by atoms with Crippen molar-refractivity contribution in [3.8, 4) is 6.07 Å². The SMILES string of the molecule is N#CC=CSCC(=O)N[C@@H]1C(=O)N2C(C(=O)O)=C(Sc3cnns3)CS[C@@H]12. The minimum atomic E-state index is -1.18. The molecule has 3 rings (SSSR count). The third-order valence-electron chi connectivity index (χ3n) is 3.47. The maximum Gasteiger partial charge on any atom is 0.353 e. The standard InChI is InChI=1S/C14H11N5O4S4/c15-2-1-3-24-6-8(20)17-10-12(21)19-11(14(22)23)7(5-25-13(10)19)26-9-4-16-18-27-9/h1,3-4,10,13H,5-6H2,(H,17,20)(H,22,23)/t10-,13+/m1/s1. The number of hydrogen-bond donors (Lipinski definition) is 2. The Labute approximate surface area is 170 Å². The van der Waals surface area contributed by atoms with E-state index in [0.29, 0.717) is 10.7 Å². The molecule has 0 radical (unpaired) electrons. The molecule has 1 aromatic rings. The molecule has 0 unspecified atom stereocenters. The fourth-order valence-corrected chi connectivity index (χ4v) is 5.98. The molecule has 0 aliphatic carbocycles. The van der Waals surface area contributed by atoms with Gasteiger partial charge in [0.2, 0.25) is 5.91 Å². The number of carboxylic acid groups (broad SMARTS) is 1. The number of thioether (sulfide) groups is 3. The van der Waals surface area contributed by atoms with Crippen LogP contribution in [0.2, 0.25) is 0 Å². The first-order valence-electron chi connectivity index (χ1n) is 7.35. The molecule has 0 bridgehead atoms. The van der Waals surface area contributed by atoms with Crippen LogP contribution in [0.1, 0.15) is 0 Å². The highest BCUT2D eigenvalue weighted by Gasteiger charge is 2.54. The van der Waals surface area contributed by atoms with Crippen molar-refractivity contribution in [1.29, 1.82) is 5.26 Å². The molecule has 2 aliphatic heterocycles. The molecule has 1 fully saturated rings. The van der Waals surface area contributed by atoms with Crippen LogP contribution in [-0.4, -0.2) is 60.3 Å². The third-order valence-corrected chi connectivity index (χ3v) is 7.52. The number of β-lactam (4-membered cyclic amide) rings is 1. The van der Waals surface area contributed by atoms with Gasteiger partial charge in [0.1, 0.15) is 21.3 Å². The Morgan fingerprint density at radius 2 is 2.37 bits per heavy atom. The van der Waals surface area contributed by atoms with E-state index >= 15 is 0 Å². The van der Waals surface area contributed by atoms with Gasteiger partial charge in [-0.25, -0.2) is 4.79 Å². The number of hydrogen-bond acceptors (Lipinski definition) is 10. The van der Waals surface area contributed by atoms with Gasteiger partial charge in [-0.3, -0.25) is 14.5 Å². The molecule has 0 saturated carbocycles. The van der Waals surface area contributed by atoms with Crippen molar-refractivity contribution < 1.29 is 19.5 Å². The molecule has 2 amide bonds. The summed E-state index contributed by atoms with van der Waals surface area (Å²) in [6, 6.07) is 1.06. The van der Waals surface area contributed by atoms with Crippen molar-refractivity contribution in [3.63, 3.8) is 0 Å². The number of carbonyl (C=O) groups excluding carboxylic acids is 2. The van der Waals surface area contributed by atoms with Crippen LogP contribution in [0.4, 0.5) is 0 Å². The molecule has 2 atom stereocenters. The Kier molecular flexibility index (Phi) is 6.42. The molecule has 140 valence electrons. The van der Waals surface area contributed by atoms with Crippen molar-refractivity contribution >= 4 is 64.6 Å². The molecule has 3 heterocycles. The molecule has 1 saturated heterocycles. The minimum Gasteiger partial charge on any atom is -0.477 e. The number of nitriles is 1. The van der Waals surface area contributed by atoms with E-state index in [1.807, 2.05) is 6.07 Å². The highest BCUT2D eigenvalue weighted by atomic mass is 32.2. The van der Waals surface area contributed by atoms with E-state index in [9.17, 15) is 19.5 Å². The van der Waals surface area contributed by atoms with Gasteiger partial charge >= 0.3 is 5.97 Å². The Hall–Kier alpha value is -2.01. The van der Waals surface area contributed by atoms with Gasteiger partial charge in [0.05, 0.1) is 18.0 Å². The lowest BCUT2D eigenvalue weighted by atomic mass is 10.1. The molecule has 0 aromatic carbocycles. The summed E-state index contributed by atoms with van der Waals surface area (Å²) in [6.45, 7) is 0. The van der Waals surface area contributed by atoms with Crippen LogP contribution in [0, 0.1) is 11.3 Å². The predicted octanol–water partition coefficient (Wildman–Crippen LogP) is 1.10.